The maximum Gasteiger partial charge on any atom is 0.229 e. The normalized spacial score (nSPS) is 21.6. The van der Waals surface area contributed by atoms with E-state index in [0.717, 1.165) is 22.7 Å². The Kier molecular flexibility index (Phi) is 3.81. The highest BCUT2D eigenvalue weighted by molar-refractivity contribution is 6.07. The molecule has 8 nitrogen and oxygen atoms in total. The van der Waals surface area contributed by atoms with E-state index in [4.69, 9.17) is 9.47 Å². The molecule has 34 heavy (non-hydrogen) atoms. The number of ketones is 2. The molecule has 3 aromatic carbocycles. The van der Waals surface area contributed by atoms with Crippen molar-refractivity contribution in [2.45, 2.75) is 12.2 Å². The van der Waals surface area contributed by atoms with Crippen molar-refractivity contribution in [3.8, 4) is 0 Å². The third-order valence-corrected chi connectivity index (χ3v) is 6.31. The van der Waals surface area contributed by atoms with Crippen LogP contribution in [0.1, 0.15) is 23.3 Å². The molecule has 4 heterocycles. The molecule has 4 aliphatic rings. The van der Waals surface area contributed by atoms with E-state index in [-0.39, 0.29) is 11.6 Å². The summed E-state index contributed by atoms with van der Waals surface area (Å²) in [5, 5.41) is 12.7. The topological polar surface area (TPSA) is 101 Å². The number of carbonyl (C=O) groups is 2. The first-order chi connectivity index (χ1) is 16.7. The maximum atomic E-state index is 13.0. The molecule has 4 aliphatic heterocycles. The fourth-order valence-corrected chi connectivity index (χ4v) is 4.57. The minimum atomic E-state index is -0.766. The molecule has 0 spiro atoms. The summed E-state index contributed by atoms with van der Waals surface area (Å²) in [6, 6.07) is 22.4. The second-order valence-corrected chi connectivity index (χ2v) is 8.39. The molecule has 0 aliphatic carbocycles. The molecule has 0 bridgehead atoms. The van der Waals surface area contributed by atoms with Gasteiger partial charge in [0.1, 0.15) is 11.4 Å². The van der Waals surface area contributed by atoms with E-state index in [1.54, 1.807) is 24.3 Å². The van der Waals surface area contributed by atoms with Crippen molar-refractivity contribution in [1.82, 2.24) is 0 Å². The van der Waals surface area contributed by atoms with Crippen LogP contribution >= 0.6 is 0 Å². The van der Waals surface area contributed by atoms with Crippen LogP contribution in [-0.4, -0.2) is 11.6 Å². The highest BCUT2D eigenvalue weighted by atomic mass is 16.5. The minimum absolute atomic E-state index is 0.152. The number of hydrogen-bond acceptors (Lipinski definition) is 8. The van der Waals surface area contributed by atoms with E-state index < -0.39 is 12.2 Å². The summed E-state index contributed by atoms with van der Waals surface area (Å²) in [4.78, 5) is 26.1. The van der Waals surface area contributed by atoms with Crippen LogP contribution in [0.4, 0.5) is 22.7 Å². The number of anilines is 4. The van der Waals surface area contributed by atoms with Crippen LogP contribution in [-0.2, 0) is 19.1 Å². The Hall–Kier alpha value is -4.72. The second kappa shape index (κ2) is 6.89. The summed E-state index contributed by atoms with van der Waals surface area (Å²) in [5.74, 6) is 0.531. The highest BCUT2D eigenvalue weighted by Gasteiger charge is 2.41. The van der Waals surface area contributed by atoms with Crippen molar-refractivity contribution in [3.63, 3.8) is 0 Å². The van der Waals surface area contributed by atoms with Crippen molar-refractivity contribution in [2.75, 3.05) is 21.3 Å². The van der Waals surface area contributed by atoms with Gasteiger partial charge in [0.05, 0.1) is 22.7 Å². The molecule has 2 unspecified atom stereocenters. The number of rotatable bonds is 2. The number of nitrogens with one attached hydrogen (secondary N) is 4. The average molecular weight is 450 g/mol. The first kappa shape index (κ1) is 18.8. The van der Waals surface area contributed by atoms with E-state index >= 15 is 0 Å². The van der Waals surface area contributed by atoms with Crippen molar-refractivity contribution in [3.05, 3.63) is 107 Å². The number of benzene rings is 3. The smallest absolute Gasteiger partial charge is 0.229 e. The van der Waals surface area contributed by atoms with E-state index in [9.17, 15) is 9.59 Å². The molecule has 0 saturated heterocycles. The largest absolute Gasteiger partial charge is 0.461 e. The van der Waals surface area contributed by atoms with Crippen LogP contribution in [0.15, 0.2) is 96.0 Å². The summed E-state index contributed by atoms with van der Waals surface area (Å²) < 4.78 is 11.9. The van der Waals surface area contributed by atoms with Gasteiger partial charge in [-0.15, -0.1) is 0 Å². The van der Waals surface area contributed by atoms with E-state index in [1.807, 2.05) is 48.5 Å². The van der Waals surface area contributed by atoms with Gasteiger partial charge in [0.25, 0.3) is 0 Å². The van der Waals surface area contributed by atoms with Crippen LogP contribution in [0.25, 0.3) is 0 Å². The summed E-state index contributed by atoms with van der Waals surface area (Å²) in [6.07, 6.45) is -1.53. The number of fused-ring (bicyclic) bond motifs is 2. The zero-order valence-electron chi connectivity index (χ0n) is 17.7. The molecular weight excluding hydrogens is 432 g/mol. The summed E-state index contributed by atoms with van der Waals surface area (Å²) >= 11 is 0. The van der Waals surface area contributed by atoms with E-state index in [2.05, 4.69) is 21.3 Å². The lowest BCUT2D eigenvalue weighted by molar-refractivity contribution is -0.122. The third-order valence-electron chi connectivity index (χ3n) is 6.31. The highest BCUT2D eigenvalue weighted by Crippen LogP contribution is 2.41. The SMILES string of the molecule is O=C1C2=C(Nc3ccccc3N2)OC1c1ccc(C2OC3=C(Nc4ccccc4N3)C2=O)cc1. The molecule has 0 aromatic heterocycles. The molecule has 8 heteroatoms. The van der Waals surface area contributed by atoms with Gasteiger partial charge in [0, 0.05) is 11.1 Å². The predicted octanol–water partition coefficient (Wildman–Crippen LogP) is 4.38. The fraction of sp³-hybridized carbons (Fsp3) is 0.0769. The van der Waals surface area contributed by atoms with Gasteiger partial charge in [-0.2, -0.15) is 0 Å². The Balaban J connectivity index is 1.09. The van der Waals surface area contributed by atoms with Gasteiger partial charge in [-0.05, 0) is 24.3 Å². The van der Waals surface area contributed by atoms with Crippen LogP contribution < -0.4 is 21.3 Å². The lowest BCUT2D eigenvalue weighted by Crippen LogP contribution is -2.18. The minimum Gasteiger partial charge on any atom is -0.461 e. The van der Waals surface area contributed by atoms with Crippen molar-refractivity contribution >= 4 is 34.3 Å². The molecule has 7 rings (SSSR count). The lowest BCUT2D eigenvalue weighted by atomic mass is 9.99. The Morgan fingerprint density at radius 2 is 0.853 bits per heavy atom. The number of para-hydroxylation sites is 4. The van der Waals surface area contributed by atoms with Gasteiger partial charge in [-0.1, -0.05) is 48.5 Å². The van der Waals surface area contributed by atoms with Crippen LogP contribution in [0.3, 0.4) is 0 Å². The van der Waals surface area contributed by atoms with Crippen LogP contribution in [0.5, 0.6) is 0 Å². The number of hydrogen-bond donors (Lipinski definition) is 4. The monoisotopic (exact) mass is 450 g/mol. The fourth-order valence-electron chi connectivity index (χ4n) is 4.57. The Morgan fingerprint density at radius 1 is 0.500 bits per heavy atom. The maximum absolute atomic E-state index is 13.0. The molecule has 0 fully saturated rings. The first-order valence-corrected chi connectivity index (χ1v) is 10.9. The van der Waals surface area contributed by atoms with Crippen molar-refractivity contribution in [1.29, 1.82) is 0 Å². The molecule has 4 N–H and O–H groups in total. The van der Waals surface area contributed by atoms with Crippen LogP contribution in [0.2, 0.25) is 0 Å². The van der Waals surface area contributed by atoms with Crippen LogP contribution in [0, 0.1) is 0 Å². The average Bonchev–Trinajstić information content (AvgIpc) is 3.37. The number of carbonyl (C=O) groups excluding carboxylic acids is 2. The number of ether oxygens (including phenoxy) is 2. The molecule has 3 aromatic rings. The molecule has 0 radical (unpaired) electrons. The molecular formula is C26H18N4O4. The van der Waals surface area contributed by atoms with Gasteiger partial charge in [-0.25, -0.2) is 0 Å². The van der Waals surface area contributed by atoms with Gasteiger partial charge >= 0.3 is 0 Å². The number of Topliss-reactive ketones (excluding diaryl/α,β-unsaturated/α-hetero) is 2. The molecule has 0 saturated carbocycles. The van der Waals surface area contributed by atoms with E-state index in [1.165, 1.54) is 0 Å². The van der Waals surface area contributed by atoms with Crippen molar-refractivity contribution < 1.29 is 19.1 Å². The molecule has 166 valence electrons. The summed E-state index contributed by atoms with van der Waals surface area (Å²) in [6.45, 7) is 0. The predicted molar refractivity (Wildman–Crippen MR) is 126 cm³/mol. The first-order valence-electron chi connectivity index (χ1n) is 10.9. The standard InChI is InChI=1S/C26H18N4O4/c31-21-19-25(29-17-7-3-1-5-15(17)27-19)33-23(21)13-9-11-14(12-10-13)24-22(32)20-26(34-24)30-18-8-4-2-6-16(18)28-20/h1-12,23-24,27-30H. The van der Waals surface area contributed by atoms with Gasteiger partial charge in [0.2, 0.25) is 23.3 Å². The lowest BCUT2D eigenvalue weighted by Gasteiger charge is -2.19. The molecule has 2 atom stereocenters. The summed E-state index contributed by atoms with van der Waals surface area (Å²) in [7, 11) is 0. The zero-order valence-corrected chi connectivity index (χ0v) is 17.7. The summed E-state index contributed by atoms with van der Waals surface area (Å²) in [5.41, 5.74) is 5.57. The Labute approximate surface area is 194 Å². The van der Waals surface area contributed by atoms with Gasteiger partial charge in [-0.3, -0.25) is 9.59 Å². The Morgan fingerprint density at radius 3 is 1.24 bits per heavy atom. The van der Waals surface area contributed by atoms with Gasteiger partial charge < -0.3 is 30.7 Å². The van der Waals surface area contributed by atoms with Crippen molar-refractivity contribution in [2.24, 2.45) is 0 Å². The second-order valence-electron chi connectivity index (χ2n) is 8.39. The third kappa shape index (κ3) is 2.72. The van der Waals surface area contributed by atoms with E-state index in [0.29, 0.717) is 34.3 Å². The Bertz CT molecular complexity index is 1350. The molecule has 0 amide bonds. The quantitative estimate of drug-likeness (QED) is 0.456. The van der Waals surface area contributed by atoms with Gasteiger partial charge in [0.15, 0.2) is 12.2 Å². The zero-order chi connectivity index (χ0) is 22.8.